The van der Waals surface area contributed by atoms with Crippen LogP contribution in [0.3, 0.4) is 0 Å². The van der Waals surface area contributed by atoms with Crippen LogP contribution < -0.4 is 0 Å². The molecule has 0 bridgehead atoms. The number of esters is 1. The number of aliphatic hydroxyl groups excluding tert-OH is 2. The summed E-state index contributed by atoms with van der Waals surface area (Å²) in [6.07, 6.45) is -0.796. The molecule has 0 fully saturated rings. The lowest BCUT2D eigenvalue weighted by Gasteiger charge is -2.19. The van der Waals surface area contributed by atoms with E-state index in [1.165, 1.54) is 6.92 Å². The smallest absolute Gasteiger partial charge is 0.302 e. The molecule has 6 nitrogen and oxygen atoms in total. The molecule has 0 saturated heterocycles. The van der Waals surface area contributed by atoms with Crippen LogP contribution in [-0.2, 0) is 19.0 Å². The Hall–Kier alpha value is -0.690. The molecule has 0 rings (SSSR count). The van der Waals surface area contributed by atoms with Crippen LogP contribution in [0.1, 0.15) is 41.5 Å². The first-order valence-electron chi connectivity index (χ1n) is 6.93. The minimum Gasteiger partial charge on any atom is -0.460 e. The van der Waals surface area contributed by atoms with E-state index in [1.807, 2.05) is 20.8 Å². The fourth-order valence-electron chi connectivity index (χ4n) is 1.11. The van der Waals surface area contributed by atoms with Gasteiger partial charge in [0.25, 0.3) is 0 Å². The SMILES string of the molecule is CC(O)COC(C)CO.CCOC(C)C(C)OC(C)=O. The zero-order valence-electron chi connectivity index (χ0n) is 13.5. The molecule has 2 N–H and O–H groups in total. The van der Waals surface area contributed by atoms with Gasteiger partial charge in [0.1, 0.15) is 6.10 Å². The fraction of sp³-hybridized carbons (Fsp3) is 0.929. The molecule has 0 aromatic heterocycles. The van der Waals surface area contributed by atoms with E-state index in [4.69, 9.17) is 24.4 Å². The van der Waals surface area contributed by atoms with Crippen LogP contribution in [0.15, 0.2) is 0 Å². The number of aliphatic hydroxyl groups is 2. The Morgan fingerprint density at radius 1 is 1.10 bits per heavy atom. The summed E-state index contributed by atoms with van der Waals surface area (Å²) >= 11 is 0. The first-order valence-corrected chi connectivity index (χ1v) is 6.93. The predicted octanol–water partition coefficient (Wildman–Crippen LogP) is 1.13. The molecule has 0 spiro atoms. The third kappa shape index (κ3) is 15.4. The highest BCUT2D eigenvalue weighted by atomic mass is 16.6. The second-order valence-corrected chi connectivity index (χ2v) is 4.65. The van der Waals surface area contributed by atoms with Crippen LogP contribution in [0, 0.1) is 0 Å². The molecular weight excluding hydrogens is 264 g/mol. The van der Waals surface area contributed by atoms with Crippen molar-refractivity contribution in [2.24, 2.45) is 0 Å². The minimum atomic E-state index is -0.445. The maximum atomic E-state index is 10.5. The highest BCUT2D eigenvalue weighted by Gasteiger charge is 2.13. The highest BCUT2D eigenvalue weighted by molar-refractivity contribution is 5.66. The first-order chi connectivity index (χ1) is 9.24. The summed E-state index contributed by atoms with van der Waals surface area (Å²) in [6, 6.07) is 0. The van der Waals surface area contributed by atoms with Gasteiger partial charge in [-0.3, -0.25) is 4.79 Å². The van der Waals surface area contributed by atoms with E-state index in [0.29, 0.717) is 13.2 Å². The lowest BCUT2D eigenvalue weighted by molar-refractivity contribution is -0.152. The Morgan fingerprint density at radius 2 is 1.65 bits per heavy atom. The quantitative estimate of drug-likeness (QED) is 0.653. The van der Waals surface area contributed by atoms with E-state index in [9.17, 15) is 4.79 Å². The molecule has 20 heavy (non-hydrogen) atoms. The van der Waals surface area contributed by atoms with Gasteiger partial charge in [0.15, 0.2) is 0 Å². The van der Waals surface area contributed by atoms with Gasteiger partial charge in [0, 0.05) is 13.5 Å². The Balaban J connectivity index is 0. The number of rotatable bonds is 8. The van der Waals surface area contributed by atoms with Crippen LogP contribution in [0.25, 0.3) is 0 Å². The molecule has 0 saturated carbocycles. The van der Waals surface area contributed by atoms with Gasteiger partial charge in [-0.25, -0.2) is 0 Å². The topological polar surface area (TPSA) is 85.2 Å². The molecule has 0 aromatic carbocycles. The molecule has 0 amide bonds. The van der Waals surface area contributed by atoms with Gasteiger partial charge >= 0.3 is 5.97 Å². The largest absolute Gasteiger partial charge is 0.460 e. The molecule has 4 atom stereocenters. The summed E-state index contributed by atoms with van der Waals surface area (Å²) in [4.78, 5) is 10.5. The molecule has 4 unspecified atom stereocenters. The Kier molecular flexibility index (Phi) is 14.4. The molecular formula is C14H30O6. The Bertz CT molecular complexity index is 232. The standard InChI is InChI=1S/C8H16O3.C6H14O3/c1-5-10-6(2)7(3)11-8(4)9;1-5(8)4-9-6(2)3-7/h6-7H,5H2,1-4H3;5-8H,3-4H2,1-2H3. The van der Waals surface area contributed by atoms with Crippen LogP contribution in [0.5, 0.6) is 0 Å². The van der Waals surface area contributed by atoms with Crippen molar-refractivity contribution >= 4 is 5.97 Å². The normalized spacial score (nSPS) is 16.4. The second-order valence-electron chi connectivity index (χ2n) is 4.65. The lowest BCUT2D eigenvalue weighted by Crippen LogP contribution is -2.27. The van der Waals surface area contributed by atoms with Crippen LogP contribution in [0.4, 0.5) is 0 Å². The van der Waals surface area contributed by atoms with Crippen molar-refractivity contribution in [2.75, 3.05) is 19.8 Å². The van der Waals surface area contributed by atoms with Gasteiger partial charge in [0.05, 0.1) is 31.5 Å². The van der Waals surface area contributed by atoms with Crippen molar-refractivity contribution in [1.29, 1.82) is 0 Å². The van der Waals surface area contributed by atoms with E-state index in [0.717, 1.165) is 0 Å². The van der Waals surface area contributed by atoms with Crippen molar-refractivity contribution in [3.63, 3.8) is 0 Å². The number of hydrogen-bond donors (Lipinski definition) is 2. The molecule has 0 aliphatic rings. The second kappa shape index (κ2) is 13.3. The molecule has 0 aromatic rings. The van der Waals surface area contributed by atoms with E-state index >= 15 is 0 Å². The monoisotopic (exact) mass is 294 g/mol. The van der Waals surface area contributed by atoms with Crippen molar-refractivity contribution in [1.82, 2.24) is 0 Å². The third-order valence-electron chi connectivity index (χ3n) is 2.32. The average Bonchev–Trinajstić information content (AvgIpc) is 2.36. The molecule has 0 aliphatic heterocycles. The molecule has 0 radical (unpaired) electrons. The summed E-state index contributed by atoms with van der Waals surface area (Å²) in [6.45, 7) is 11.4. The Labute approximate surface area is 122 Å². The van der Waals surface area contributed by atoms with Crippen LogP contribution >= 0.6 is 0 Å². The predicted molar refractivity (Wildman–Crippen MR) is 76.5 cm³/mol. The summed E-state index contributed by atoms with van der Waals surface area (Å²) < 4.78 is 15.1. The number of carbonyl (C=O) groups is 1. The summed E-state index contributed by atoms with van der Waals surface area (Å²) in [7, 11) is 0. The maximum Gasteiger partial charge on any atom is 0.302 e. The van der Waals surface area contributed by atoms with Crippen molar-refractivity contribution < 1.29 is 29.2 Å². The van der Waals surface area contributed by atoms with Gasteiger partial charge in [-0.15, -0.1) is 0 Å². The first kappa shape index (κ1) is 21.6. The molecule has 122 valence electrons. The van der Waals surface area contributed by atoms with Gasteiger partial charge in [-0.2, -0.15) is 0 Å². The third-order valence-corrected chi connectivity index (χ3v) is 2.32. The van der Waals surface area contributed by atoms with E-state index in [2.05, 4.69) is 0 Å². The van der Waals surface area contributed by atoms with Gasteiger partial charge in [-0.1, -0.05) is 0 Å². The molecule has 6 heteroatoms. The highest BCUT2D eigenvalue weighted by Crippen LogP contribution is 2.02. The Morgan fingerprint density at radius 3 is 2.00 bits per heavy atom. The summed E-state index contributed by atoms with van der Waals surface area (Å²) in [5.74, 6) is -0.260. The van der Waals surface area contributed by atoms with E-state index in [1.54, 1.807) is 13.8 Å². The number of carbonyl (C=O) groups excluding carboxylic acids is 1. The number of ether oxygens (including phenoxy) is 3. The maximum absolute atomic E-state index is 10.5. The van der Waals surface area contributed by atoms with Crippen molar-refractivity contribution in [2.45, 2.75) is 66.0 Å². The lowest BCUT2D eigenvalue weighted by atomic mass is 10.2. The molecule has 0 aliphatic carbocycles. The van der Waals surface area contributed by atoms with Crippen LogP contribution in [-0.4, -0.2) is 60.4 Å². The van der Waals surface area contributed by atoms with E-state index < -0.39 is 6.10 Å². The van der Waals surface area contributed by atoms with Crippen molar-refractivity contribution in [3.8, 4) is 0 Å². The summed E-state index contributed by atoms with van der Waals surface area (Å²) in [5.41, 5.74) is 0. The zero-order chi connectivity index (χ0) is 16.1. The minimum absolute atomic E-state index is 0.00667. The summed E-state index contributed by atoms with van der Waals surface area (Å²) in [5, 5.41) is 17.1. The van der Waals surface area contributed by atoms with E-state index in [-0.39, 0.29) is 30.9 Å². The zero-order valence-corrected chi connectivity index (χ0v) is 13.5. The van der Waals surface area contributed by atoms with Gasteiger partial charge in [0.2, 0.25) is 0 Å². The number of hydrogen-bond acceptors (Lipinski definition) is 6. The fourth-order valence-corrected chi connectivity index (χ4v) is 1.11. The average molecular weight is 294 g/mol. The van der Waals surface area contributed by atoms with Gasteiger partial charge < -0.3 is 24.4 Å². The molecule has 0 heterocycles. The van der Waals surface area contributed by atoms with Crippen LogP contribution in [0.2, 0.25) is 0 Å². The van der Waals surface area contributed by atoms with Gasteiger partial charge in [-0.05, 0) is 34.6 Å². The van der Waals surface area contributed by atoms with Crippen molar-refractivity contribution in [3.05, 3.63) is 0 Å².